The number of hydrogen-bond acceptors (Lipinski definition) is 3. The molecule has 3 heteroatoms. The van der Waals surface area contributed by atoms with Crippen LogP contribution in [0.15, 0.2) is 59.5 Å². The minimum atomic E-state index is 0.00285. The molecule has 0 fully saturated rings. The Bertz CT molecular complexity index is 632. The number of carbonyl (C=O) groups excluding carboxylic acids is 2. The maximum absolute atomic E-state index is 12.3. The molecule has 2 aromatic rings. The van der Waals surface area contributed by atoms with Crippen molar-refractivity contribution in [1.29, 1.82) is 0 Å². The molecule has 1 unspecified atom stereocenters. The van der Waals surface area contributed by atoms with Crippen LogP contribution in [0.2, 0.25) is 0 Å². The van der Waals surface area contributed by atoms with E-state index in [9.17, 15) is 9.59 Å². The van der Waals surface area contributed by atoms with Crippen LogP contribution in [0, 0.1) is 5.92 Å². The molecule has 0 heterocycles. The standard InChI is InChI=1S/C19H20O2S/c1-3-14(2)13-18(20)22-17-11-9-16(10-12-17)19(21)15-7-5-4-6-8-15/h4-12,14H,3,13H2,1-2H3. The van der Waals surface area contributed by atoms with Gasteiger partial charge in [-0.1, -0.05) is 62.4 Å². The van der Waals surface area contributed by atoms with Gasteiger partial charge in [-0.3, -0.25) is 9.59 Å². The van der Waals surface area contributed by atoms with Gasteiger partial charge in [0.1, 0.15) is 0 Å². The first-order valence-electron chi connectivity index (χ1n) is 7.50. The van der Waals surface area contributed by atoms with Crippen molar-refractivity contribution in [2.75, 3.05) is 0 Å². The van der Waals surface area contributed by atoms with E-state index in [0.29, 0.717) is 23.5 Å². The van der Waals surface area contributed by atoms with E-state index in [1.807, 2.05) is 30.3 Å². The normalized spacial score (nSPS) is 11.9. The number of thioether (sulfide) groups is 1. The maximum Gasteiger partial charge on any atom is 0.193 e. The molecule has 0 aliphatic carbocycles. The van der Waals surface area contributed by atoms with Crippen LogP contribution in [0.1, 0.15) is 42.6 Å². The minimum absolute atomic E-state index is 0.00285. The van der Waals surface area contributed by atoms with E-state index in [1.165, 1.54) is 11.8 Å². The zero-order valence-corrected chi connectivity index (χ0v) is 13.7. The molecule has 0 saturated carbocycles. The van der Waals surface area contributed by atoms with E-state index < -0.39 is 0 Å². The number of hydrogen-bond donors (Lipinski definition) is 0. The van der Waals surface area contributed by atoms with E-state index in [2.05, 4.69) is 13.8 Å². The molecule has 0 spiro atoms. The largest absolute Gasteiger partial charge is 0.289 e. The SMILES string of the molecule is CCC(C)CC(=O)Sc1ccc(C(=O)c2ccccc2)cc1. The van der Waals surface area contributed by atoms with Gasteiger partial charge in [-0.15, -0.1) is 0 Å². The second-order valence-corrected chi connectivity index (χ2v) is 6.54. The van der Waals surface area contributed by atoms with Gasteiger partial charge in [0.25, 0.3) is 0 Å². The third kappa shape index (κ3) is 4.57. The first kappa shape index (κ1) is 16.5. The van der Waals surface area contributed by atoms with Crippen LogP contribution >= 0.6 is 11.8 Å². The Morgan fingerprint density at radius 1 is 0.955 bits per heavy atom. The quantitative estimate of drug-likeness (QED) is 0.557. The minimum Gasteiger partial charge on any atom is -0.289 e. The summed E-state index contributed by atoms with van der Waals surface area (Å²) in [4.78, 5) is 25.1. The summed E-state index contributed by atoms with van der Waals surface area (Å²) in [6.07, 6.45) is 1.60. The van der Waals surface area contributed by atoms with Gasteiger partial charge in [0.2, 0.25) is 0 Å². The smallest absolute Gasteiger partial charge is 0.193 e. The summed E-state index contributed by atoms with van der Waals surface area (Å²) < 4.78 is 0. The summed E-state index contributed by atoms with van der Waals surface area (Å²) in [6.45, 7) is 4.17. The van der Waals surface area contributed by atoms with E-state index in [1.54, 1.807) is 24.3 Å². The Kier molecular flexibility index (Phi) is 5.96. The van der Waals surface area contributed by atoms with Gasteiger partial charge in [0, 0.05) is 22.4 Å². The van der Waals surface area contributed by atoms with E-state index in [0.717, 1.165) is 11.3 Å². The van der Waals surface area contributed by atoms with Crippen molar-refractivity contribution in [3.8, 4) is 0 Å². The molecular formula is C19H20O2S. The fourth-order valence-corrected chi connectivity index (χ4v) is 2.94. The Morgan fingerprint density at radius 2 is 1.55 bits per heavy atom. The van der Waals surface area contributed by atoms with Gasteiger partial charge in [-0.05, 0) is 30.2 Å². The van der Waals surface area contributed by atoms with Gasteiger partial charge in [-0.2, -0.15) is 0 Å². The fraction of sp³-hybridized carbons (Fsp3) is 0.263. The Labute approximate surface area is 135 Å². The lowest BCUT2D eigenvalue weighted by molar-refractivity contribution is -0.111. The highest BCUT2D eigenvalue weighted by molar-refractivity contribution is 8.13. The van der Waals surface area contributed by atoms with Crippen molar-refractivity contribution in [2.24, 2.45) is 5.92 Å². The van der Waals surface area contributed by atoms with E-state index in [-0.39, 0.29) is 10.9 Å². The molecule has 0 saturated heterocycles. The zero-order valence-electron chi connectivity index (χ0n) is 12.9. The van der Waals surface area contributed by atoms with Crippen molar-refractivity contribution in [1.82, 2.24) is 0 Å². The predicted molar refractivity (Wildman–Crippen MR) is 91.3 cm³/mol. The Balaban J connectivity index is 2.01. The van der Waals surface area contributed by atoms with Crippen LogP contribution in [0.5, 0.6) is 0 Å². The number of benzene rings is 2. The highest BCUT2D eigenvalue weighted by Crippen LogP contribution is 2.24. The predicted octanol–water partition coefficient (Wildman–Crippen LogP) is 4.97. The topological polar surface area (TPSA) is 34.1 Å². The summed E-state index contributed by atoms with van der Waals surface area (Å²) in [5, 5.41) is 0.177. The van der Waals surface area contributed by atoms with Crippen molar-refractivity contribution in [3.63, 3.8) is 0 Å². The van der Waals surface area contributed by atoms with Gasteiger partial charge in [0.05, 0.1) is 0 Å². The van der Waals surface area contributed by atoms with Crippen LogP contribution in [0.25, 0.3) is 0 Å². The fourth-order valence-electron chi connectivity index (χ4n) is 2.03. The van der Waals surface area contributed by atoms with Crippen LogP contribution in [0.3, 0.4) is 0 Å². The molecule has 1 atom stereocenters. The van der Waals surface area contributed by atoms with Crippen molar-refractivity contribution in [3.05, 3.63) is 65.7 Å². The second-order valence-electron chi connectivity index (χ2n) is 5.41. The molecule has 0 amide bonds. The summed E-state index contributed by atoms with van der Waals surface area (Å²) in [6, 6.07) is 16.5. The molecule has 114 valence electrons. The molecule has 2 nitrogen and oxygen atoms in total. The number of rotatable bonds is 6. The van der Waals surface area contributed by atoms with E-state index in [4.69, 9.17) is 0 Å². The highest BCUT2D eigenvalue weighted by Gasteiger charge is 2.11. The van der Waals surface area contributed by atoms with Crippen LogP contribution < -0.4 is 0 Å². The van der Waals surface area contributed by atoms with Crippen molar-refractivity contribution < 1.29 is 9.59 Å². The molecule has 0 aliphatic heterocycles. The molecule has 2 rings (SSSR count). The van der Waals surface area contributed by atoms with Gasteiger partial charge >= 0.3 is 0 Å². The molecule has 22 heavy (non-hydrogen) atoms. The molecular weight excluding hydrogens is 292 g/mol. The first-order chi connectivity index (χ1) is 10.6. The van der Waals surface area contributed by atoms with Gasteiger partial charge in [-0.25, -0.2) is 0 Å². The average molecular weight is 312 g/mol. The zero-order chi connectivity index (χ0) is 15.9. The lowest BCUT2D eigenvalue weighted by atomic mass is 10.0. The third-order valence-electron chi connectivity index (χ3n) is 3.60. The van der Waals surface area contributed by atoms with Crippen molar-refractivity contribution >= 4 is 22.7 Å². The second kappa shape index (κ2) is 7.95. The average Bonchev–Trinajstić information content (AvgIpc) is 2.55. The number of carbonyl (C=O) groups is 2. The Morgan fingerprint density at radius 3 is 2.14 bits per heavy atom. The van der Waals surface area contributed by atoms with Crippen molar-refractivity contribution in [2.45, 2.75) is 31.6 Å². The van der Waals surface area contributed by atoms with Gasteiger partial charge < -0.3 is 0 Å². The molecule has 2 aromatic carbocycles. The van der Waals surface area contributed by atoms with Crippen LogP contribution in [-0.2, 0) is 4.79 Å². The summed E-state index contributed by atoms with van der Waals surface area (Å²) in [7, 11) is 0. The van der Waals surface area contributed by atoms with Crippen LogP contribution in [-0.4, -0.2) is 10.9 Å². The lowest BCUT2D eigenvalue weighted by Crippen LogP contribution is -2.02. The molecule has 0 aromatic heterocycles. The van der Waals surface area contributed by atoms with E-state index >= 15 is 0 Å². The Hall–Kier alpha value is -1.87. The highest BCUT2D eigenvalue weighted by atomic mass is 32.2. The summed E-state index contributed by atoms with van der Waals surface area (Å²) >= 11 is 1.25. The first-order valence-corrected chi connectivity index (χ1v) is 8.32. The maximum atomic E-state index is 12.3. The molecule has 0 N–H and O–H groups in total. The monoisotopic (exact) mass is 312 g/mol. The number of ketones is 1. The molecule has 0 aliphatic rings. The summed E-state index contributed by atoms with van der Waals surface area (Å²) in [5.41, 5.74) is 1.32. The third-order valence-corrected chi connectivity index (χ3v) is 4.50. The lowest BCUT2D eigenvalue weighted by Gasteiger charge is -2.07. The van der Waals surface area contributed by atoms with Gasteiger partial charge in [0.15, 0.2) is 10.9 Å². The molecule has 0 radical (unpaired) electrons. The summed E-state index contributed by atoms with van der Waals surface area (Å²) in [5.74, 6) is 0.419. The van der Waals surface area contributed by atoms with Crippen LogP contribution in [0.4, 0.5) is 0 Å². The molecule has 0 bridgehead atoms.